The maximum atomic E-state index is 10.9. The van der Waals surface area contributed by atoms with Crippen LogP contribution in [-0.4, -0.2) is 29.7 Å². The number of carboxylic acid groups (broad SMARTS) is 1. The highest BCUT2D eigenvalue weighted by Gasteiger charge is 2.40. The van der Waals surface area contributed by atoms with Crippen LogP contribution in [0.5, 0.6) is 0 Å². The lowest BCUT2D eigenvalue weighted by molar-refractivity contribution is -0.139. The molecule has 0 bridgehead atoms. The molecule has 0 amide bonds. The molecular formula is C13H20N2O3. The van der Waals surface area contributed by atoms with E-state index >= 15 is 0 Å². The Morgan fingerprint density at radius 1 is 1.61 bits per heavy atom. The van der Waals surface area contributed by atoms with Gasteiger partial charge >= 0.3 is 5.97 Å². The SMILES string of the molecule is Cc1cc(C(C)NC2(CC(=O)O)CNC2)c(C)o1. The number of hydrogen-bond acceptors (Lipinski definition) is 4. The Morgan fingerprint density at radius 3 is 2.67 bits per heavy atom. The minimum Gasteiger partial charge on any atom is -0.481 e. The molecule has 0 aromatic carbocycles. The van der Waals surface area contributed by atoms with Gasteiger partial charge in [0.05, 0.1) is 12.0 Å². The molecule has 1 aromatic rings. The quantitative estimate of drug-likeness (QED) is 0.738. The van der Waals surface area contributed by atoms with E-state index in [-0.39, 0.29) is 18.0 Å². The third-order valence-electron chi connectivity index (χ3n) is 3.48. The Bertz CT molecular complexity index is 449. The fraction of sp³-hybridized carbons (Fsp3) is 0.615. The molecule has 18 heavy (non-hydrogen) atoms. The predicted molar refractivity (Wildman–Crippen MR) is 67.6 cm³/mol. The maximum Gasteiger partial charge on any atom is 0.305 e. The molecule has 1 atom stereocenters. The number of rotatable bonds is 5. The molecule has 1 aliphatic heterocycles. The topological polar surface area (TPSA) is 74.5 Å². The van der Waals surface area contributed by atoms with Crippen LogP contribution in [-0.2, 0) is 4.79 Å². The number of hydrogen-bond donors (Lipinski definition) is 3. The lowest BCUT2D eigenvalue weighted by Gasteiger charge is -2.44. The van der Waals surface area contributed by atoms with Gasteiger partial charge in [-0.25, -0.2) is 0 Å². The second-order valence-corrected chi connectivity index (χ2v) is 5.19. The average molecular weight is 252 g/mol. The zero-order valence-corrected chi connectivity index (χ0v) is 11.0. The van der Waals surface area contributed by atoms with Crippen molar-refractivity contribution in [2.75, 3.05) is 13.1 Å². The lowest BCUT2D eigenvalue weighted by Crippen LogP contribution is -2.68. The molecule has 100 valence electrons. The van der Waals surface area contributed by atoms with Gasteiger partial charge in [-0.05, 0) is 26.8 Å². The summed E-state index contributed by atoms with van der Waals surface area (Å²) in [7, 11) is 0. The van der Waals surface area contributed by atoms with Crippen molar-refractivity contribution in [2.45, 2.75) is 38.8 Å². The Morgan fingerprint density at radius 2 is 2.28 bits per heavy atom. The van der Waals surface area contributed by atoms with Gasteiger partial charge < -0.3 is 20.2 Å². The van der Waals surface area contributed by atoms with Gasteiger partial charge in [0, 0.05) is 24.7 Å². The first-order valence-corrected chi connectivity index (χ1v) is 6.19. The molecule has 5 heteroatoms. The van der Waals surface area contributed by atoms with Crippen LogP contribution < -0.4 is 10.6 Å². The average Bonchev–Trinajstić information content (AvgIpc) is 2.53. The van der Waals surface area contributed by atoms with E-state index in [0.29, 0.717) is 13.1 Å². The van der Waals surface area contributed by atoms with Crippen molar-refractivity contribution in [3.05, 3.63) is 23.2 Å². The van der Waals surface area contributed by atoms with E-state index in [9.17, 15) is 4.79 Å². The van der Waals surface area contributed by atoms with Gasteiger partial charge in [-0.3, -0.25) is 4.79 Å². The Balaban J connectivity index is 2.08. The largest absolute Gasteiger partial charge is 0.481 e. The molecule has 3 N–H and O–H groups in total. The van der Waals surface area contributed by atoms with E-state index < -0.39 is 5.97 Å². The second-order valence-electron chi connectivity index (χ2n) is 5.19. The highest BCUT2D eigenvalue weighted by molar-refractivity contribution is 5.69. The summed E-state index contributed by atoms with van der Waals surface area (Å²) in [5.41, 5.74) is 0.771. The number of carbonyl (C=O) groups is 1. The maximum absolute atomic E-state index is 10.9. The molecule has 2 heterocycles. The zero-order chi connectivity index (χ0) is 13.3. The third-order valence-corrected chi connectivity index (χ3v) is 3.48. The molecular weight excluding hydrogens is 232 g/mol. The molecule has 0 saturated carbocycles. The molecule has 1 unspecified atom stereocenters. The molecule has 0 spiro atoms. The summed E-state index contributed by atoms with van der Waals surface area (Å²) in [6.07, 6.45) is 0.139. The van der Waals surface area contributed by atoms with Gasteiger partial charge in [-0.1, -0.05) is 0 Å². The Kier molecular flexibility index (Phi) is 3.45. The van der Waals surface area contributed by atoms with Crippen molar-refractivity contribution in [1.29, 1.82) is 0 Å². The van der Waals surface area contributed by atoms with Crippen LogP contribution in [0.1, 0.15) is 36.5 Å². The lowest BCUT2D eigenvalue weighted by atomic mass is 9.87. The van der Waals surface area contributed by atoms with Gasteiger partial charge in [-0.2, -0.15) is 0 Å². The van der Waals surface area contributed by atoms with Crippen molar-refractivity contribution in [2.24, 2.45) is 0 Å². The summed E-state index contributed by atoms with van der Waals surface area (Å²) < 4.78 is 5.51. The standard InChI is InChI=1S/C13H20N2O3/c1-8-4-11(10(3)18-8)9(2)15-13(5-12(16)17)6-14-7-13/h4,9,14-15H,5-7H2,1-3H3,(H,16,17). The van der Waals surface area contributed by atoms with Crippen LogP contribution in [0.4, 0.5) is 0 Å². The van der Waals surface area contributed by atoms with Crippen LogP contribution in [0.3, 0.4) is 0 Å². The first kappa shape index (κ1) is 13.1. The number of aliphatic carboxylic acids is 1. The molecule has 1 fully saturated rings. The van der Waals surface area contributed by atoms with Crippen LogP contribution in [0.2, 0.25) is 0 Å². The van der Waals surface area contributed by atoms with Gasteiger partial charge in [0.25, 0.3) is 0 Å². The summed E-state index contributed by atoms with van der Waals surface area (Å²) in [6.45, 7) is 7.28. The highest BCUT2D eigenvalue weighted by Crippen LogP contribution is 2.26. The van der Waals surface area contributed by atoms with Crippen LogP contribution in [0.25, 0.3) is 0 Å². The smallest absolute Gasteiger partial charge is 0.305 e. The van der Waals surface area contributed by atoms with Gasteiger partial charge in [-0.15, -0.1) is 0 Å². The highest BCUT2D eigenvalue weighted by atomic mass is 16.4. The summed E-state index contributed by atoms with van der Waals surface area (Å²) in [5.74, 6) is 1.01. The molecule has 5 nitrogen and oxygen atoms in total. The van der Waals surface area contributed by atoms with Gasteiger partial charge in [0.2, 0.25) is 0 Å². The Labute approximate surface area is 107 Å². The third kappa shape index (κ3) is 2.57. The summed E-state index contributed by atoms with van der Waals surface area (Å²) >= 11 is 0. The first-order chi connectivity index (χ1) is 8.42. The van der Waals surface area contributed by atoms with Crippen molar-refractivity contribution in [3.8, 4) is 0 Å². The monoisotopic (exact) mass is 252 g/mol. The molecule has 1 saturated heterocycles. The molecule has 0 aliphatic carbocycles. The molecule has 1 aromatic heterocycles. The zero-order valence-electron chi connectivity index (χ0n) is 11.0. The fourth-order valence-corrected chi connectivity index (χ4v) is 2.61. The van der Waals surface area contributed by atoms with E-state index in [1.807, 2.05) is 26.8 Å². The number of nitrogens with one attached hydrogen (secondary N) is 2. The van der Waals surface area contributed by atoms with Crippen molar-refractivity contribution >= 4 is 5.97 Å². The van der Waals surface area contributed by atoms with E-state index in [1.54, 1.807) is 0 Å². The van der Waals surface area contributed by atoms with Crippen LogP contribution in [0.15, 0.2) is 10.5 Å². The van der Waals surface area contributed by atoms with Crippen molar-refractivity contribution in [1.82, 2.24) is 10.6 Å². The van der Waals surface area contributed by atoms with Crippen molar-refractivity contribution < 1.29 is 14.3 Å². The fourth-order valence-electron chi connectivity index (χ4n) is 2.61. The first-order valence-electron chi connectivity index (χ1n) is 6.19. The second kappa shape index (κ2) is 4.74. The Hall–Kier alpha value is -1.33. The predicted octanol–water partition coefficient (Wildman–Crippen LogP) is 1.36. The number of carboxylic acids is 1. The minimum absolute atomic E-state index is 0.0869. The van der Waals surface area contributed by atoms with E-state index in [2.05, 4.69) is 10.6 Å². The van der Waals surface area contributed by atoms with E-state index in [4.69, 9.17) is 9.52 Å². The van der Waals surface area contributed by atoms with Crippen LogP contribution in [0, 0.1) is 13.8 Å². The summed E-state index contributed by atoms with van der Waals surface area (Å²) in [5, 5.41) is 15.5. The minimum atomic E-state index is -0.767. The molecule has 0 radical (unpaired) electrons. The number of furan rings is 1. The van der Waals surface area contributed by atoms with Crippen molar-refractivity contribution in [3.63, 3.8) is 0 Å². The summed E-state index contributed by atoms with van der Waals surface area (Å²) in [6, 6.07) is 2.09. The van der Waals surface area contributed by atoms with Crippen LogP contribution >= 0.6 is 0 Å². The number of aryl methyl sites for hydroxylation is 2. The van der Waals surface area contributed by atoms with Gasteiger partial charge in [0.1, 0.15) is 11.5 Å². The summed E-state index contributed by atoms with van der Waals surface area (Å²) in [4.78, 5) is 10.9. The van der Waals surface area contributed by atoms with E-state index in [0.717, 1.165) is 17.1 Å². The van der Waals surface area contributed by atoms with Gasteiger partial charge in [0.15, 0.2) is 0 Å². The van der Waals surface area contributed by atoms with E-state index in [1.165, 1.54) is 0 Å². The normalized spacial score (nSPS) is 19.3. The molecule has 2 rings (SSSR count). The molecule has 1 aliphatic rings.